The molecule has 0 aliphatic heterocycles. The summed E-state index contributed by atoms with van der Waals surface area (Å²) in [4.78, 5) is 0. The van der Waals surface area contributed by atoms with E-state index in [-0.39, 0.29) is 0 Å². The van der Waals surface area contributed by atoms with Gasteiger partial charge in [0.05, 0.1) is 6.61 Å². The molecule has 0 rings (SSSR count). The second-order valence-electron chi connectivity index (χ2n) is 7.24. The van der Waals surface area contributed by atoms with E-state index in [4.69, 9.17) is 5.11 Å². The summed E-state index contributed by atoms with van der Waals surface area (Å²) < 4.78 is 11.7. The van der Waals surface area contributed by atoms with Crippen LogP contribution in [0.2, 0.25) is 0 Å². The normalized spacial score (nSPS) is 14.7. The quantitative estimate of drug-likeness (QED) is 0.154. The molecule has 0 aliphatic rings. The number of hydrogen-bond donors (Lipinski definition) is 3. The number of allylic oxidation sites excluding steroid dienone is 2. The predicted octanol–water partition coefficient (Wildman–Crippen LogP) is 5.52. The Bertz CT molecular complexity index is 347. The maximum atomic E-state index is 11.7. The molecule has 0 spiro atoms. The molecule has 0 aromatic rings. The molecule has 26 heavy (non-hydrogen) atoms. The minimum absolute atomic E-state index is 0.429. The third-order valence-electron chi connectivity index (χ3n) is 4.72. The van der Waals surface area contributed by atoms with Crippen LogP contribution in [0.1, 0.15) is 96.8 Å². The number of aliphatic hydroxyl groups excluding tert-OH is 3. The average Bonchev–Trinajstić information content (AvgIpc) is 2.66. The standard InChI is InChI=1S/C21H42O4P/c1-2-3-4-5-6-7-8-9-10-11-12-13-14-15-16-17-18-26(25)21(24)20(23)19-22/h7-8,20-24H,2-6,9-19H2,1H3/q+1. The maximum absolute atomic E-state index is 11.7. The summed E-state index contributed by atoms with van der Waals surface area (Å²) in [7, 11) is -1.84. The van der Waals surface area contributed by atoms with Crippen LogP contribution in [-0.2, 0) is 4.57 Å². The van der Waals surface area contributed by atoms with Gasteiger partial charge >= 0.3 is 7.80 Å². The molecule has 0 aromatic heterocycles. The van der Waals surface area contributed by atoms with Crippen LogP contribution < -0.4 is 0 Å². The molecular formula is C21H42O4P+. The number of rotatable bonds is 19. The molecule has 154 valence electrons. The van der Waals surface area contributed by atoms with E-state index in [0.717, 1.165) is 19.3 Å². The molecule has 0 heterocycles. The third kappa shape index (κ3) is 15.9. The molecule has 0 amide bonds. The Labute approximate surface area is 161 Å². The van der Waals surface area contributed by atoms with Gasteiger partial charge in [-0.05, 0) is 38.5 Å². The molecule has 0 aromatic carbocycles. The van der Waals surface area contributed by atoms with Crippen LogP contribution in [0.3, 0.4) is 0 Å². The zero-order valence-electron chi connectivity index (χ0n) is 16.8. The summed E-state index contributed by atoms with van der Waals surface area (Å²) in [6, 6.07) is 0. The maximum Gasteiger partial charge on any atom is 0.372 e. The molecule has 5 heteroatoms. The molecule has 0 radical (unpaired) electrons. The first-order valence-electron chi connectivity index (χ1n) is 10.7. The Balaban J connectivity index is 3.29. The molecular weight excluding hydrogens is 347 g/mol. The summed E-state index contributed by atoms with van der Waals surface area (Å²) >= 11 is 0. The van der Waals surface area contributed by atoms with Gasteiger partial charge in [-0.15, -0.1) is 0 Å². The van der Waals surface area contributed by atoms with Gasteiger partial charge in [0.25, 0.3) is 5.85 Å². The molecule has 3 atom stereocenters. The summed E-state index contributed by atoms with van der Waals surface area (Å²) in [5, 5.41) is 27.5. The van der Waals surface area contributed by atoms with Gasteiger partial charge in [-0.3, -0.25) is 0 Å². The summed E-state index contributed by atoms with van der Waals surface area (Å²) in [6.45, 7) is 1.70. The Morgan fingerprint density at radius 1 is 0.769 bits per heavy atom. The Hall–Kier alpha value is -0.280. The first-order chi connectivity index (χ1) is 12.6. The van der Waals surface area contributed by atoms with Crippen LogP contribution >= 0.6 is 7.80 Å². The van der Waals surface area contributed by atoms with Gasteiger partial charge in [0.2, 0.25) is 0 Å². The van der Waals surface area contributed by atoms with E-state index in [1.807, 2.05) is 0 Å². The SMILES string of the molecule is CCCCCCC=CCCCCCCCCCC[P+](=O)C(O)C(O)CO. The Morgan fingerprint density at radius 3 is 1.73 bits per heavy atom. The molecule has 3 N–H and O–H groups in total. The monoisotopic (exact) mass is 389 g/mol. The van der Waals surface area contributed by atoms with E-state index in [0.29, 0.717) is 6.16 Å². The van der Waals surface area contributed by atoms with E-state index in [9.17, 15) is 14.8 Å². The van der Waals surface area contributed by atoms with Crippen LogP contribution in [0.4, 0.5) is 0 Å². The van der Waals surface area contributed by atoms with Crippen molar-refractivity contribution >= 4 is 7.80 Å². The molecule has 3 unspecified atom stereocenters. The van der Waals surface area contributed by atoms with Gasteiger partial charge in [-0.1, -0.05) is 75.0 Å². The van der Waals surface area contributed by atoms with E-state index < -0.39 is 26.4 Å². The first-order valence-corrected chi connectivity index (χ1v) is 12.2. The summed E-state index contributed by atoms with van der Waals surface area (Å²) in [5.74, 6) is -1.29. The van der Waals surface area contributed by atoms with E-state index in [1.165, 1.54) is 70.6 Å². The average molecular weight is 390 g/mol. The van der Waals surface area contributed by atoms with Crippen LogP contribution in [0.5, 0.6) is 0 Å². The highest BCUT2D eigenvalue weighted by molar-refractivity contribution is 7.45. The lowest BCUT2D eigenvalue weighted by Crippen LogP contribution is -2.26. The van der Waals surface area contributed by atoms with Crippen LogP contribution in [0, 0.1) is 0 Å². The van der Waals surface area contributed by atoms with Gasteiger partial charge in [0.15, 0.2) is 0 Å². The van der Waals surface area contributed by atoms with E-state index >= 15 is 0 Å². The molecule has 0 bridgehead atoms. The fourth-order valence-corrected chi connectivity index (χ4v) is 4.21. The minimum Gasteiger partial charge on any atom is -0.393 e. The Morgan fingerprint density at radius 2 is 1.23 bits per heavy atom. The van der Waals surface area contributed by atoms with E-state index in [2.05, 4.69) is 19.1 Å². The second kappa shape index (κ2) is 19.5. The molecule has 0 fully saturated rings. The second-order valence-corrected chi connectivity index (χ2v) is 9.05. The van der Waals surface area contributed by atoms with Crippen LogP contribution in [0.25, 0.3) is 0 Å². The molecule has 0 saturated heterocycles. The predicted molar refractivity (Wildman–Crippen MR) is 111 cm³/mol. The zero-order valence-corrected chi connectivity index (χ0v) is 17.7. The fraction of sp³-hybridized carbons (Fsp3) is 0.905. The van der Waals surface area contributed by atoms with Gasteiger partial charge in [0.1, 0.15) is 12.3 Å². The molecule has 4 nitrogen and oxygen atoms in total. The van der Waals surface area contributed by atoms with Crippen molar-refractivity contribution in [2.24, 2.45) is 0 Å². The van der Waals surface area contributed by atoms with Gasteiger partial charge in [-0.2, -0.15) is 0 Å². The molecule has 0 aliphatic carbocycles. The highest BCUT2D eigenvalue weighted by Gasteiger charge is 2.33. The smallest absolute Gasteiger partial charge is 0.372 e. The fourth-order valence-electron chi connectivity index (χ4n) is 2.93. The zero-order chi connectivity index (χ0) is 19.5. The topological polar surface area (TPSA) is 77.8 Å². The summed E-state index contributed by atoms with van der Waals surface area (Å²) in [6.07, 6.45) is 21.0. The van der Waals surface area contributed by atoms with Crippen LogP contribution in [-0.4, -0.2) is 40.0 Å². The van der Waals surface area contributed by atoms with Crippen molar-refractivity contribution in [3.05, 3.63) is 12.2 Å². The number of aliphatic hydroxyl groups is 3. The highest BCUT2D eigenvalue weighted by atomic mass is 31.1. The largest absolute Gasteiger partial charge is 0.393 e. The van der Waals surface area contributed by atoms with Crippen molar-refractivity contribution in [1.29, 1.82) is 0 Å². The minimum atomic E-state index is -1.84. The lowest BCUT2D eigenvalue weighted by atomic mass is 10.1. The van der Waals surface area contributed by atoms with Crippen molar-refractivity contribution in [3.63, 3.8) is 0 Å². The lowest BCUT2D eigenvalue weighted by molar-refractivity contribution is 0.0245. The van der Waals surface area contributed by atoms with Gasteiger partial charge in [-0.25, -0.2) is 0 Å². The molecule has 0 saturated carbocycles. The Kier molecular flexibility index (Phi) is 19.3. The van der Waals surface area contributed by atoms with Crippen molar-refractivity contribution in [2.45, 2.75) is 109 Å². The van der Waals surface area contributed by atoms with Crippen molar-refractivity contribution in [2.75, 3.05) is 12.8 Å². The summed E-state index contributed by atoms with van der Waals surface area (Å²) in [5.41, 5.74) is 0. The van der Waals surface area contributed by atoms with Crippen LogP contribution in [0.15, 0.2) is 12.2 Å². The highest BCUT2D eigenvalue weighted by Crippen LogP contribution is 2.30. The van der Waals surface area contributed by atoms with Crippen molar-refractivity contribution in [3.8, 4) is 0 Å². The van der Waals surface area contributed by atoms with Gasteiger partial charge < -0.3 is 15.3 Å². The first kappa shape index (κ1) is 25.7. The lowest BCUT2D eigenvalue weighted by Gasteiger charge is -2.05. The van der Waals surface area contributed by atoms with E-state index in [1.54, 1.807) is 0 Å². The van der Waals surface area contributed by atoms with Crippen molar-refractivity contribution in [1.82, 2.24) is 0 Å². The third-order valence-corrected chi connectivity index (χ3v) is 6.41. The number of unbranched alkanes of at least 4 members (excludes halogenated alkanes) is 12. The van der Waals surface area contributed by atoms with Crippen molar-refractivity contribution < 1.29 is 19.9 Å². The number of hydrogen-bond acceptors (Lipinski definition) is 4. The van der Waals surface area contributed by atoms with Gasteiger partial charge in [0, 0.05) is 0 Å².